The Hall–Kier alpha value is -2.70. The lowest BCUT2D eigenvalue weighted by Gasteiger charge is -2.04. The summed E-state index contributed by atoms with van der Waals surface area (Å²) < 4.78 is 0. The third-order valence-corrected chi connectivity index (χ3v) is 4.86. The van der Waals surface area contributed by atoms with E-state index in [-0.39, 0.29) is 18.2 Å². The monoisotopic (exact) mass is 399 g/mol. The largest absolute Gasteiger partial charge is 0.355 e. The highest BCUT2D eigenvalue weighted by Crippen LogP contribution is 2.17. The Morgan fingerprint density at radius 1 is 1.04 bits per heavy atom. The van der Waals surface area contributed by atoms with Gasteiger partial charge in [0.2, 0.25) is 5.91 Å². The first-order chi connectivity index (χ1) is 13.1. The van der Waals surface area contributed by atoms with Crippen LogP contribution in [0, 0.1) is 0 Å². The first-order valence-corrected chi connectivity index (χ1v) is 9.68. The van der Waals surface area contributed by atoms with Crippen LogP contribution in [0.2, 0.25) is 5.02 Å². The third kappa shape index (κ3) is 5.91. The van der Waals surface area contributed by atoms with Gasteiger partial charge in [0.05, 0.1) is 12.1 Å². The molecule has 2 N–H and O–H groups in total. The minimum Gasteiger partial charge on any atom is -0.355 e. The lowest BCUT2D eigenvalue weighted by Crippen LogP contribution is -2.27. The first kappa shape index (κ1) is 19.1. The summed E-state index contributed by atoms with van der Waals surface area (Å²) in [5.41, 5.74) is 2.30. The topological polar surface area (TPSA) is 71.1 Å². The third-order valence-electron chi connectivity index (χ3n) is 3.80. The van der Waals surface area contributed by atoms with Gasteiger partial charge in [-0.05, 0) is 36.2 Å². The molecule has 0 aliphatic carbocycles. The maximum absolute atomic E-state index is 12.2. The minimum absolute atomic E-state index is 0.0909. The standard InChI is InChI=1S/C20H18ClN3O2S/c21-16-8-6-15(7-9-16)19(26)24-20-23-17(13-27-20)12-18(25)22-11-10-14-4-2-1-3-5-14/h1-9,13H,10-12H2,(H,22,25)(H,23,24,26). The number of hydrogen-bond acceptors (Lipinski definition) is 4. The Morgan fingerprint density at radius 2 is 1.78 bits per heavy atom. The zero-order valence-corrected chi connectivity index (χ0v) is 16.0. The van der Waals surface area contributed by atoms with Gasteiger partial charge in [-0.15, -0.1) is 11.3 Å². The van der Waals surface area contributed by atoms with Gasteiger partial charge in [0.15, 0.2) is 5.13 Å². The molecule has 5 nitrogen and oxygen atoms in total. The molecule has 0 radical (unpaired) electrons. The summed E-state index contributed by atoms with van der Waals surface area (Å²) in [7, 11) is 0. The highest BCUT2D eigenvalue weighted by molar-refractivity contribution is 7.14. The van der Waals surface area contributed by atoms with Gasteiger partial charge in [0.25, 0.3) is 5.91 Å². The van der Waals surface area contributed by atoms with Crippen molar-refractivity contribution >= 4 is 39.9 Å². The van der Waals surface area contributed by atoms with E-state index >= 15 is 0 Å². The number of nitrogens with one attached hydrogen (secondary N) is 2. The van der Waals surface area contributed by atoms with Crippen molar-refractivity contribution < 1.29 is 9.59 Å². The van der Waals surface area contributed by atoms with Crippen molar-refractivity contribution in [2.24, 2.45) is 0 Å². The van der Waals surface area contributed by atoms with Crippen LogP contribution in [0.15, 0.2) is 60.0 Å². The molecule has 138 valence electrons. The highest BCUT2D eigenvalue weighted by Gasteiger charge is 2.11. The molecule has 27 heavy (non-hydrogen) atoms. The summed E-state index contributed by atoms with van der Waals surface area (Å²) in [5.74, 6) is -0.355. The van der Waals surface area contributed by atoms with Gasteiger partial charge in [0, 0.05) is 22.5 Å². The second-order valence-corrected chi connectivity index (χ2v) is 7.16. The molecule has 0 saturated carbocycles. The van der Waals surface area contributed by atoms with Crippen LogP contribution in [0.4, 0.5) is 5.13 Å². The molecule has 0 saturated heterocycles. The summed E-state index contributed by atoms with van der Waals surface area (Å²) in [6, 6.07) is 16.6. The summed E-state index contributed by atoms with van der Waals surface area (Å²) >= 11 is 7.11. The van der Waals surface area contributed by atoms with E-state index in [0.29, 0.717) is 28.0 Å². The Morgan fingerprint density at radius 3 is 2.52 bits per heavy atom. The van der Waals surface area contributed by atoms with E-state index in [0.717, 1.165) is 6.42 Å². The second-order valence-electron chi connectivity index (χ2n) is 5.87. The molecular weight excluding hydrogens is 382 g/mol. The van der Waals surface area contributed by atoms with Crippen LogP contribution in [-0.2, 0) is 17.6 Å². The quantitative estimate of drug-likeness (QED) is 0.631. The highest BCUT2D eigenvalue weighted by atomic mass is 35.5. The van der Waals surface area contributed by atoms with E-state index < -0.39 is 0 Å². The number of amides is 2. The molecule has 0 aliphatic rings. The average molecular weight is 400 g/mol. The van der Waals surface area contributed by atoms with Gasteiger partial charge in [0.1, 0.15) is 0 Å². The van der Waals surface area contributed by atoms with E-state index in [4.69, 9.17) is 11.6 Å². The van der Waals surface area contributed by atoms with Crippen molar-refractivity contribution in [3.05, 3.63) is 81.8 Å². The lowest BCUT2D eigenvalue weighted by atomic mass is 10.1. The number of hydrogen-bond donors (Lipinski definition) is 2. The molecule has 1 aromatic heterocycles. The maximum atomic E-state index is 12.2. The van der Waals surface area contributed by atoms with Crippen molar-refractivity contribution in [1.82, 2.24) is 10.3 Å². The summed E-state index contributed by atoms with van der Waals surface area (Å²) in [6.07, 6.45) is 0.966. The Labute approximate surface area is 166 Å². The van der Waals surface area contributed by atoms with Crippen LogP contribution in [0.3, 0.4) is 0 Å². The SMILES string of the molecule is O=C(Cc1csc(NC(=O)c2ccc(Cl)cc2)n1)NCCc1ccccc1. The number of benzene rings is 2. The Balaban J connectivity index is 1.46. The Kier molecular flexibility index (Phi) is 6.57. The number of thiazole rings is 1. The molecule has 0 aliphatic heterocycles. The molecule has 0 fully saturated rings. The number of nitrogens with zero attached hydrogens (tertiary/aromatic N) is 1. The zero-order chi connectivity index (χ0) is 19.1. The predicted octanol–water partition coefficient (Wildman–Crippen LogP) is 3.95. The molecule has 0 unspecified atom stereocenters. The Bertz CT molecular complexity index is 910. The number of carbonyl (C=O) groups is 2. The lowest BCUT2D eigenvalue weighted by molar-refractivity contribution is -0.120. The fourth-order valence-electron chi connectivity index (χ4n) is 2.43. The fourth-order valence-corrected chi connectivity index (χ4v) is 3.27. The summed E-state index contributed by atoms with van der Waals surface area (Å²) in [5, 5.41) is 8.42. The van der Waals surface area contributed by atoms with Crippen molar-refractivity contribution in [1.29, 1.82) is 0 Å². The molecule has 0 spiro atoms. The van der Waals surface area contributed by atoms with E-state index in [1.807, 2.05) is 30.3 Å². The molecule has 2 aromatic carbocycles. The van der Waals surface area contributed by atoms with Crippen molar-refractivity contribution in [2.45, 2.75) is 12.8 Å². The summed E-state index contributed by atoms with van der Waals surface area (Å²) in [4.78, 5) is 28.5. The van der Waals surface area contributed by atoms with E-state index in [9.17, 15) is 9.59 Å². The molecule has 7 heteroatoms. The number of aromatic nitrogens is 1. The smallest absolute Gasteiger partial charge is 0.257 e. The normalized spacial score (nSPS) is 10.4. The van der Waals surface area contributed by atoms with Gasteiger partial charge in [-0.2, -0.15) is 0 Å². The molecule has 2 amide bonds. The van der Waals surface area contributed by atoms with Gasteiger partial charge < -0.3 is 5.32 Å². The van der Waals surface area contributed by atoms with E-state index in [2.05, 4.69) is 15.6 Å². The zero-order valence-electron chi connectivity index (χ0n) is 14.4. The van der Waals surface area contributed by atoms with Crippen molar-refractivity contribution in [3.8, 4) is 0 Å². The van der Waals surface area contributed by atoms with E-state index in [1.165, 1.54) is 16.9 Å². The van der Waals surface area contributed by atoms with Gasteiger partial charge in [-0.3, -0.25) is 14.9 Å². The molecule has 3 aromatic rings. The van der Waals surface area contributed by atoms with Crippen LogP contribution in [0.1, 0.15) is 21.6 Å². The van der Waals surface area contributed by atoms with Crippen molar-refractivity contribution in [3.63, 3.8) is 0 Å². The van der Waals surface area contributed by atoms with Crippen LogP contribution < -0.4 is 10.6 Å². The van der Waals surface area contributed by atoms with Gasteiger partial charge >= 0.3 is 0 Å². The van der Waals surface area contributed by atoms with Crippen LogP contribution in [0.25, 0.3) is 0 Å². The maximum Gasteiger partial charge on any atom is 0.257 e. The van der Waals surface area contributed by atoms with Gasteiger partial charge in [-0.1, -0.05) is 41.9 Å². The van der Waals surface area contributed by atoms with Gasteiger partial charge in [-0.25, -0.2) is 4.98 Å². The summed E-state index contributed by atoms with van der Waals surface area (Å²) in [6.45, 7) is 0.577. The number of rotatable bonds is 7. The number of halogens is 1. The minimum atomic E-state index is -0.264. The average Bonchev–Trinajstić information content (AvgIpc) is 3.09. The number of carbonyl (C=O) groups excluding carboxylic acids is 2. The molecule has 0 bridgehead atoms. The molecular formula is C20H18ClN3O2S. The first-order valence-electron chi connectivity index (χ1n) is 8.42. The second kappa shape index (κ2) is 9.30. The number of anilines is 1. The molecule has 3 rings (SSSR count). The fraction of sp³-hybridized carbons (Fsp3) is 0.150. The predicted molar refractivity (Wildman–Crippen MR) is 108 cm³/mol. The van der Waals surface area contributed by atoms with Crippen LogP contribution in [-0.4, -0.2) is 23.3 Å². The molecule has 1 heterocycles. The van der Waals surface area contributed by atoms with Crippen molar-refractivity contribution in [2.75, 3.05) is 11.9 Å². The van der Waals surface area contributed by atoms with Crippen LogP contribution >= 0.6 is 22.9 Å². The van der Waals surface area contributed by atoms with E-state index in [1.54, 1.807) is 29.6 Å². The molecule has 0 atom stereocenters. The van der Waals surface area contributed by atoms with Crippen LogP contribution in [0.5, 0.6) is 0 Å².